The number of aliphatic hydroxyl groups is 1. The first-order valence-corrected chi connectivity index (χ1v) is 13.3. The molecule has 0 radical (unpaired) electrons. The Labute approximate surface area is 219 Å². The number of hydrogen-bond acceptors (Lipinski definition) is 8. The third kappa shape index (κ3) is 6.61. The topological polar surface area (TPSA) is 110 Å². The summed E-state index contributed by atoms with van der Waals surface area (Å²) in [5.41, 5.74) is 1.76. The number of rotatable bonds is 11. The van der Waals surface area contributed by atoms with Crippen molar-refractivity contribution in [2.45, 2.75) is 82.1 Å². The molecule has 0 unspecified atom stereocenters. The van der Waals surface area contributed by atoms with E-state index in [-0.39, 0.29) is 29.2 Å². The normalized spacial score (nSPS) is 23.1. The fourth-order valence-electron chi connectivity index (χ4n) is 5.66. The zero-order chi connectivity index (χ0) is 26.4. The van der Waals surface area contributed by atoms with Crippen LogP contribution in [-0.2, 0) is 11.2 Å². The van der Waals surface area contributed by atoms with Gasteiger partial charge < -0.3 is 39.6 Å². The van der Waals surface area contributed by atoms with Crippen molar-refractivity contribution in [1.82, 2.24) is 5.32 Å². The fraction of sp³-hybridized carbons (Fsp3) is 0.586. The molecular weight excluding hydrogens is 474 g/mol. The molecule has 4 rings (SSSR count). The predicted octanol–water partition coefficient (Wildman–Crippen LogP) is 4.63. The average molecular weight is 516 g/mol. The SMILES string of the molecule is CCNC1(COc2cc([C@H]3C[C@@H](O)C[C@H](CCc4ccc(O)c(OC)c4)O3)cc(OC)c2O)CCCC1. The van der Waals surface area contributed by atoms with Crippen LogP contribution in [0, 0.1) is 0 Å². The fourth-order valence-corrected chi connectivity index (χ4v) is 5.66. The monoisotopic (exact) mass is 515 g/mol. The Kier molecular flexibility index (Phi) is 9.05. The molecule has 8 nitrogen and oxygen atoms in total. The van der Waals surface area contributed by atoms with Gasteiger partial charge in [-0.1, -0.05) is 25.8 Å². The second-order valence-electron chi connectivity index (χ2n) is 10.3. The quantitative estimate of drug-likeness (QED) is 0.343. The van der Waals surface area contributed by atoms with Crippen LogP contribution in [0.5, 0.6) is 28.7 Å². The summed E-state index contributed by atoms with van der Waals surface area (Å²) < 4.78 is 23.3. The third-order valence-electron chi connectivity index (χ3n) is 7.65. The highest BCUT2D eigenvalue weighted by molar-refractivity contribution is 5.53. The molecular formula is C29H41NO7. The summed E-state index contributed by atoms with van der Waals surface area (Å²) in [4.78, 5) is 0. The summed E-state index contributed by atoms with van der Waals surface area (Å²) >= 11 is 0. The van der Waals surface area contributed by atoms with Crippen molar-refractivity contribution >= 4 is 0 Å². The first-order chi connectivity index (χ1) is 17.9. The largest absolute Gasteiger partial charge is 0.504 e. The summed E-state index contributed by atoms with van der Waals surface area (Å²) in [6.45, 7) is 3.43. The van der Waals surface area contributed by atoms with Gasteiger partial charge in [-0.25, -0.2) is 0 Å². The summed E-state index contributed by atoms with van der Waals surface area (Å²) in [7, 11) is 3.05. The van der Waals surface area contributed by atoms with Crippen molar-refractivity contribution in [3.63, 3.8) is 0 Å². The Bertz CT molecular complexity index is 1040. The van der Waals surface area contributed by atoms with Gasteiger partial charge >= 0.3 is 0 Å². The number of aliphatic hydroxyl groups excluding tert-OH is 1. The second kappa shape index (κ2) is 12.2. The van der Waals surface area contributed by atoms with Gasteiger partial charge in [0.2, 0.25) is 5.75 Å². The van der Waals surface area contributed by atoms with Crippen LogP contribution in [0.3, 0.4) is 0 Å². The van der Waals surface area contributed by atoms with Gasteiger partial charge in [-0.15, -0.1) is 0 Å². The molecule has 0 amide bonds. The zero-order valence-electron chi connectivity index (χ0n) is 22.2. The van der Waals surface area contributed by atoms with Crippen molar-refractivity contribution in [2.24, 2.45) is 0 Å². The minimum atomic E-state index is -0.502. The average Bonchev–Trinajstić information content (AvgIpc) is 3.36. The van der Waals surface area contributed by atoms with Crippen molar-refractivity contribution in [3.05, 3.63) is 41.5 Å². The van der Waals surface area contributed by atoms with Crippen LogP contribution in [0.15, 0.2) is 30.3 Å². The third-order valence-corrected chi connectivity index (χ3v) is 7.65. The molecule has 2 aromatic carbocycles. The summed E-state index contributed by atoms with van der Waals surface area (Å²) in [5, 5.41) is 34.9. The van der Waals surface area contributed by atoms with E-state index in [1.165, 1.54) is 14.2 Å². The molecule has 2 aromatic rings. The number of aryl methyl sites for hydroxylation is 1. The molecule has 0 aromatic heterocycles. The molecule has 2 fully saturated rings. The highest BCUT2D eigenvalue weighted by atomic mass is 16.5. The smallest absolute Gasteiger partial charge is 0.200 e. The molecule has 1 saturated heterocycles. The van der Waals surface area contributed by atoms with Crippen LogP contribution in [0.2, 0.25) is 0 Å². The second-order valence-corrected chi connectivity index (χ2v) is 10.3. The molecule has 0 spiro atoms. The maximum atomic E-state index is 10.8. The van der Waals surface area contributed by atoms with Crippen LogP contribution >= 0.6 is 0 Å². The summed E-state index contributed by atoms with van der Waals surface area (Å²) in [6, 6.07) is 8.90. The van der Waals surface area contributed by atoms with E-state index in [4.69, 9.17) is 18.9 Å². The van der Waals surface area contributed by atoms with E-state index in [1.807, 2.05) is 18.2 Å². The van der Waals surface area contributed by atoms with Crippen LogP contribution in [0.25, 0.3) is 0 Å². The van der Waals surface area contributed by atoms with Crippen LogP contribution in [0.1, 0.15) is 69.1 Å². The Balaban J connectivity index is 1.47. The van der Waals surface area contributed by atoms with E-state index < -0.39 is 6.10 Å². The number of nitrogens with one attached hydrogen (secondary N) is 1. The molecule has 0 bridgehead atoms. The Morgan fingerprint density at radius 1 is 1.00 bits per heavy atom. The van der Waals surface area contributed by atoms with Crippen LogP contribution < -0.4 is 19.5 Å². The highest BCUT2D eigenvalue weighted by Crippen LogP contribution is 2.43. The van der Waals surface area contributed by atoms with Gasteiger partial charge in [0.25, 0.3) is 0 Å². The number of benzene rings is 2. The van der Waals surface area contributed by atoms with Crippen molar-refractivity contribution in [3.8, 4) is 28.7 Å². The number of phenols is 2. The summed E-state index contributed by atoms with van der Waals surface area (Å²) in [6.07, 6.45) is 5.87. The molecule has 1 saturated carbocycles. The standard InChI is InChI=1S/C29H41NO7/c1-4-30-29(11-5-6-12-29)18-36-27-15-20(14-26(35-3)28(27)33)24-17-21(31)16-22(37-24)9-7-19-8-10-23(32)25(13-19)34-2/h8,10,13-15,21-22,24,30-33H,4-7,9,11-12,16-18H2,1-3H3/t21-,22-,24+/m0/s1. The Morgan fingerprint density at radius 2 is 1.73 bits per heavy atom. The van der Waals surface area contributed by atoms with Gasteiger partial charge in [0.05, 0.1) is 38.1 Å². The van der Waals surface area contributed by atoms with E-state index in [1.54, 1.807) is 12.1 Å². The molecule has 37 heavy (non-hydrogen) atoms. The lowest BCUT2D eigenvalue weighted by Gasteiger charge is -2.34. The number of likely N-dealkylation sites (N-methyl/N-ethyl adjacent to an activating group) is 1. The van der Waals surface area contributed by atoms with Gasteiger partial charge in [0.15, 0.2) is 23.0 Å². The van der Waals surface area contributed by atoms with E-state index in [0.29, 0.717) is 43.1 Å². The van der Waals surface area contributed by atoms with Crippen molar-refractivity contribution in [2.75, 3.05) is 27.4 Å². The maximum absolute atomic E-state index is 10.8. The Morgan fingerprint density at radius 3 is 2.43 bits per heavy atom. The van der Waals surface area contributed by atoms with Crippen LogP contribution in [0.4, 0.5) is 0 Å². The molecule has 3 atom stereocenters. The molecule has 4 N–H and O–H groups in total. The molecule has 1 aliphatic heterocycles. The Hall–Kier alpha value is -2.68. The molecule has 204 valence electrons. The number of aromatic hydroxyl groups is 2. The lowest BCUT2D eigenvalue weighted by molar-refractivity contribution is -0.0999. The zero-order valence-corrected chi connectivity index (χ0v) is 22.2. The van der Waals surface area contributed by atoms with Gasteiger partial charge in [-0.2, -0.15) is 0 Å². The molecule has 1 heterocycles. The minimum Gasteiger partial charge on any atom is -0.504 e. The first-order valence-electron chi connectivity index (χ1n) is 13.3. The van der Waals surface area contributed by atoms with E-state index in [0.717, 1.165) is 49.8 Å². The number of ether oxygens (including phenoxy) is 4. The van der Waals surface area contributed by atoms with Crippen LogP contribution in [-0.4, -0.2) is 60.4 Å². The van der Waals surface area contributed by atoms with Gasteiger partial charge in [0, 0.05) is 6.42 Å². The lowest BCUT2D eigenvalue weighted by atomic mass is 9.93. The maximum Gasteiger partial charge on any atom is 0.200 e. The van der Waals surface area contributed by atoms with Gasteiger partial charge in [0.1, 0.15) is 6.61 Å². The van der Waals surface area contributed by atoms with Gasteiger partial charge in [-0.05, 0) is 74.0 Å². The highest BCUT2D eigenvalue weighted by Gasteiger charge is 2.35. The molecule has 1 aliphatic carbocycles. The molecule has 8 heteroatoms. The molecule has 2 aliphatic rings. The lowest BCUT2D eigenvalue weighted by Crippen LogP contribution is -2.47. The van der Waals surface area contributed by atoms with E-state index in [9.17, 15) is 15.3 Å². The number of phenolic OH excluding ortho intramolecular Hbond substituents is 2. The number of hydrogen-bond donors (Lipinski definition) is 4. The summed E-state index contributed by atoms with van der Waals surface area (Å²) in [5.74, 6) is 1.23. The van der Waals surface area contributed by atoms with E-state index in [2.05, 4.69) is 12.2 Å². The predicted molar refractivity (Wildman–Crippen MR) is 141 cm³/mol. The number of methoxy groups -OCH3 is 2. The van der Waals surface area contributed by atoms with Crippen molar-refractivity contribution < 1.29 is 34.3 Å². The van der Waals surface area contributed by atoms with Gasteiger partial charge in [-0.3, -0.25) is 0 Å². The van der Waals surface area contributed by atoms with E-state index >= 15 is 0 Å². The van der Waals surface area contributed by atoms with Crippen molar-refractivity contribution in [1.29, 1.82) is 0 Å². The minimum absolute atomic E-state index is 0.0231. The first kappa shape index (κ1) is 27.4.